The van der Waals surface area contributed by atoms with Gasteiger partial charge in [0.05, 0.1) is 16.3 Å². The molecule has 1 aromatic carbocycles. The number of piperazine rings is 1. The van der Waals surface area contributed by atoms with Crippen molar-refractivity contribution >= 4 is 34.5 Å². The van der Waals surface area contributed by atoms with Gasteiger partial charge < -0.3 is 14.6 Å². The van der Waals surface area contributed by atoms with E-state index in [0.717, 1.165) is 31.0 Å². The van der Waals surface area contributed by atoms with Gasteiger partial charge in [0.2, 0.25) is 0 Å². The van der Waals surface area contributed by atoms with Crippen LogP contribution in [0.15, 0.2) is 60.1 Å². The quantitative estimate of drug-likeness (QED) is 0.471. The topological polar surface area (TPSA) is 70.0 Å². The molecule has 1 saturated heterocycles. The first-order chi connectivity index (χ1) is 16.5. The fourth-order valence-corrected chi connectivity index (χ4v) is 4.96. The Bertz CT molecular complexity index is 1340. The average Bonchev–Trinajstić information content (AvgIpc) is 3.48. The van der Waals surface area contributed by atoms with E-state index in [9.17, 15) is 9.59 Å². The number of thiophene rings is 1. The summed E-state index contributed by atoms with van der Waals surface area (Å²) >= 11 is 1.39. The van der Waals surface area contributed by atoms with E-state index in [4.69, 9.17) is 4.98 Å². The molecule has 2 amide bonds. The lowest BCUT2D eigenvalue weighted by atomic mass is 10.1. The van der Waals surface area contributed by atoms with Crippen LogP contribution in [0.4, 0.5) is 5.69 Å². The normalized spacial score (nSPS) is 14.5. The third kappa shape index (κ3) is 4.60. The number of aryl methyl sites for hydroxylation is 2. The number of aromatic nitrogens is 2. The number of fused-ring (bicyclic) bond motifs is 1. The van der Waals surface area contributed by atoms with E-state index >= 15 is 0 Å². The van der Waals surface area contributed by atoms with Crippen LogP contribution in [0.1, 0.15) is 37.0 Å². The number of amides is 2. The minimum Gasteiger partial charge on any atom is -0.336 e. The van der Waals surface area contributed by atoms with E-state index in [1.165, 1.54) is 22.6 Å². The lowest BCUT2D eigenvalue weighted by molar-refractivity contribution is 0.0626. The molecule has 1 aliphatic rings. The lowest BCUT2D eigenvalue weighted by Crippen LogP contribution is -2.48. The molecule has 1 fully saturated rings. The van der Waals surface area contributed by atoms with Crippen LogP contribution in [0.5, 0.6) is 0 Å². The molecule has 34 heavy (non-hydrogen) atoms. The van der Waals surface area contributed by atoms with Crippen molar-refractivity contribution in [2.45, 2.75) is 20.4 Å². The van der Waals surface area contributed by atoms with Gasteiger partial charge in [-0.1, -0.05) is 12.1 Å². The van der Waals surface area contributed by atoms with Crippen LogP contribution in [-0.2, 0) is 6.54 Å². The number of imidazole rings is 1. The minimum atomic E-state index is -0.161. The Morgan fingerprint density at radius 1 is 1.03 bits per heavy atom. The van der Waals surface area contributed by atoms with Gasteiger partial charge >= 0.3 is 0 Å². The van der Waals surface area contributed by atoms with Crippen molar-refractivity contribution < 1.29 is 9.59 Å². The Labute approximate surface area is 202 Å². The van der Waals surface area contributed by atoms with Crippen LogP contribution >= 0.6 is 11.3 Å². The van der Waals surface area contributed by atoms with Crippen LogP contribution < -0.4 is 5.32 Å². The summed E-state index contributed by atoms with van der Waals surface area (Å²) in [5, 5.41) is 4.75. The third-order valence-corrected chi connectivity index (χ3v) is 7.09. The van der Waals surface area contributed by atoms with E-state index in [2.05, 4.69) is 46.8 Å². The molecule has 0 spiro atoms. The number of hydrogen-bond donors (Lipinski definition) is 1. The Kier molecular flexibility index (Phi) is 6.17. The summed E-state index contributed by atoms with van der Waals surface area (Å²) in [6.07, 6.45) is 2.09. The van der Waals surface area contributed by atoms with Gasteiger partial charge in [0.15, 0.2) is 0 Å². The zero-order valence-corrected chi connectivity index (χ0v) is 20.1. The molecule has 3 aromatic heterocycles. The molecule has 0 bridgehead atoms. The molecule has 4 heterocycles. The Morgan fingerprint density at radius 2 is 1.85 bits per heavy atom. The summed E-state index contributed by atoms with van der Waals surface area (Å²) in [6.45, 7) is 7.88. The SMILES string of the molecule is Cc1ccn2c(CN3CCN(C(=O)c4cccc(NC(=O)c5cccs5)c4)CC3)c(C)nc2c1. The largest absolute Gasteiger partial charge is 0.336 e. The first-order valence-corrected chi connectivity index (χ1v) is 12.3. The summed E-state index contributed by atoms with van der Waals surface area (Å²) in [5.74, 6) is -0.167. The van der Waals surface area contributed by atoms with Gasteiger partial charge in [0.1, 0.15) is 5.65 Å². The molecule has 7 nitrogen and oxygen atoms in total. The second kappa shape index (κ2) is 9.40. The highest BCUT2D eigenvalue weighted by atomic mass is 32.1. The molecule has 0 atom stereocenters. The Balaban J connectivity index is 1.21. The van der Waals surface area contributed by atoms with E-state index in [1.54, 1.807) is 24.3 Å². The number of benzene rings is 1. The highest BCUT2D eigenvalue weighted by Crippen LogP contribution is 2.19. The molecule has 0 unspecified atom stereocenters. The maximum absolute atomic E-state index is 13.1. The van der Waals surface area contributed by atoms with Crippen LogP contribution in [0.25, 0.3) is 5.65 Å². The maximum atomic E-state index is 13.1. The van der Waals surface area contributed by atoms with Gasteiger partial charge in [-0.15, -0.1) is 11.3 Å². The zero-order chi connectivity index (χ0) is 23.7. The fourth-order valence-electron chi connectivity index (χ4n) is 4.34. The average molecular weight is 474 g/mol. The Hall–Kier alpha value is -3.49. The number of carbonyl (C=O) groups is 2. The van der Waals surface area contributed by atoms with Crippen LogP contribution in [0.2, 0.25) is 0 Å². The highest BCUT2D eigenvalue weighted by Gasteiger charge is 2.24. The van der Waals surface area contributed by atoms with Gasteiger partial charge in [-0.05, 0) is 61.2 Å². The molecule has 1 aliphatic heterocycles. The first kappa shape index (κ1) is 22.3. The van der Waals surface area contributed by atoms with Crippen molar-refractivity contribution in [1.82, 2.24) is 19.2 Å². The third-order valence-electron chi connectivity index (χ3n) is 6.23. The summed E-state index contributed by atoms with van der Waals surface area (Å²) in [7, 11) is 0. The lowest BCUT2D eigenvalue weighted by Gasteiger charge is -2.34. The molecule has 0 radical (unpaired) electrons. The molecule has 5 rings (SSSR count). The van der Waals surface area contributed by atoms with Crippen LogP contribution in [0, 0.1) is 13.8 Å². The van der Waals surface area contributed by atoms with Gasteiger partial charge in [0.25, 0.3) is 11.8 Å². The number of anilines is 1. The van der Waals surface area contributed by atoms with Crippen LogP contribution in [0.3, 0.4) is 0 Å². The van der Waals surface area contributed by atoms with Crippen molar-refractivity contribution in [1.29, 1.82) is 0 Å². The van der Waals surface area contributed by atoms with Gasteiger partial charge in [-0.2, -0.15) is 0 Å². The van der Waals surface area contributed by atoms with Crippen molar-refractivity contribution in [2.75, 3.05) is 31.5 Å². The predicted molar refractivity (Wildman–Crippen MR) is 135 cm³/mol. The molecule has 8 heteroatoms. The molecule has 4 aromatic rings. The van der Waals surface area contributed by atoms with Crippen molar-refractivity contribution in [2.24, 2.45) is 0 Å². The van der Waals surface area contributed by atoms with Crippen LogP contribution in [-0.4, -0.2) is 57.2 Å². The van der Waals surface area contributed by atoms with E-state index < -0.39 is 0 Å². The standard InChI is InChI=1S/C26H27N5O2S/c1-18-8-9-31-22(19(2)27-24(31)15-18)17-29-10-12-30(13-11-29)26(33)20-5-3-6-21(16-20)28-25(32)23-7-4-14-34-23/h3-9,14-16H,10-13,17H2,1-2H3,(H,28,32). The maximum Gasteiger partial charge on any atom is 0.265 e. The summed E-state index contributed by atoms with van der Waals surface area (Å²) in [6, 6.07) is 15.0. The predicted octanol–water partition coefficient (Wildman–Crippen LogP) is 4.22. The monoisotopic (exact) mass is 473 g/mol. The highest BCUT2D eigenvalue weighted by molar-refractivity contribution is 7.12. The minimum absolute atomic E-state index is 0.00618. The first-order valence-electron chi connectivity index (χ1n) is 11.4. The molecule has 0 aliphatic carbocycles. The van der Waals surface area contributed by atoms with Crippen molar-refractivity contribution in [3.05, 3.63) is 87.5 Å². The second-order valence-corrected chi connectivity index (χ2v) is 9.60. The van der Waals surface area contributed by atoms with Crippen molar-refractivity contribution in [3.8, 4) is 0 Å². The second-order valence-electron chi connectivity index (χ2n) is 8.66. The van der Waals surface area contributed by atoms with Gasteiger partial charge in [0, 0.05) is 50.2 Å². The molecule has 0 saturated carbocycles. The molecular weight excluding hydrogens is 446 g/mol. The zero-order valence-electron chi connectivity index (χ0n) is 19.3. The number of hydrogen-bond acceptors (Lipinski definition) is 5. The number of pyridine rings is 1. The molecule has 1 N–H and O–H groups in total. The number of nitrogens with zero attached hydrogens (tertiary/aromatic N) is 4. The smallest absolute Gasteiger partial charge is 0.265 e. The summed E-state index contributed by atoms with van der Waals surface area (Å²) < 4.78 is 2.16. The van der Waals surface area contributed by atoms with E-state index in [1.807, 2.05) is 22.4 Å². The number of nitrogens with one attached hydrogen (secondary N) is 1. The van der Waals surface area contributed by atoms with Gasteiger partial charge in [-0.3, -0.25) is 14.5 Å². The number of rotatable bonds is 5. The summed E-state index contributed by atoms with van der Waals surface area (Å²) in [5.41, 5.74) is 5.64. The van der Waals surface area contributed by atoms with Gasteiger partial charge in [-0.25, -0.2) is 4.98 Å². The summed E-state index contributed by atoms with van der Waals surface area (Å²) in [4.78, 5) is 35.1. The number of carbonyl (C=O) groups excluding carboxylic acids is 2. The van der Waals surface area contributed by atoms with Crippen molar-refractivity contribution in [3.63, 3.8) is 0 Å². The fraction of sp³-hybridized carbons (Fsp3) is 0.269. The molecular formula is C26H27N5O2S. The molecule has 174 valence electrons. The van der Waals surface area contributed by atoms with E-state index in [0.29, 0.717) is 29.2 Å². The Morgan fingerprint density at radius 3 is 2.62 bits per heavy atom. The van der Waals surface area contributed by atoms with E-state index in [-0.39, 0.29) is 11.8 Å².